The SMILES string of the molecule is [N-]=[N+]=NCCCCCC(=O)NCC12CC3(CNC(=O)c4c(OCc5ccccc5)c(=O)ccn4CC(O)C(O)CO)C[C@](CCC(=O)c4c(OCc5ccccc5)c(=O)ccn4CC(O)C(O)CO)(C1)C[C@](CCC(=O)c1c(OCc4ccccc4)c(=O)ccn1CC(O)C(O)CO)(C2)C3. The predicted octanol–water partition coefficient (Wildman–Crippen LogP) is 4.42. The fourth-order valence-electron chi connectivity index (χ4n) is 15.7. The number of aliphatic hydroxyl groups excluding tert-OH is 9. The van der Waals surface area contributed by atoms with Crippen molar-refractivity contribution in [3.63, 3.8) is 0 Å². The number of ketones is 2. The summed E-state index contributed by atoms with van der Waals surface area (Å²) in [5.74, 6) is -3.30. The van der Waals surface area contributed by atoms with Gasteiger partial charge in [-0.05, 0) is 108 Å². The molecule has 0 radical (unpaired) electrons. The molecule has 4 aliphatic rings. The zero-order chi connectivity index (χ0) is 71.6. The van der Waals surface area contributed by atoms with Crippen molar-refractivity contribution in [2.45, 2.75) is 166 Å². The second kappa shape index (κ2) is 34.5. The Hall–Kier alpha value is -8.86. The van der Waals surface area contributed by atoms with Gasteiger partial charge in [0, 0.05) is 80.6 Å². The summed E-state index contributed by atoms with van der Waals surface area (Å²) in [5, 5.41) is 105. The number of azide groups is 1. The minimum absolute atomic E-state index is 0.0912. The van der Waals surface area contributed by atoms with Gasteiger partial charge in [-0.3, -0.25) is 33.6 Å². The van der Waals surface area contributed by atoms with E-state index in [-0.39, 0.29) is 112 Å². The Morgan fingerprint density at radius 1 is 0.460 bits per heavy atom. The van der Waals surface area contributed by atoms with E-state index in [9.17, 15) is 65.1 Å². The van der Waals surface area contributed by atoms with Crippen LogP contribution in [-0.4, -0.2) is 159 Å². The average molecular weight is 1380 g/mol. The molecule has 3 heterocycles. The largest absolute Gasteiger partial charge is 0.483 e. The van der Waals surface area contributed by atoms with Gasteiger partial charge in [-0.15, -0.1) is 0 Å². The quantitative estimate of drug-likeness (QED) is 0.00833. The number of carbonyl (C=O) groups is 4. The number of carbonyl (C=O) groups excluding carboxylic acids is 4. The van der Waals surface area contributed by atoms with Crippen molar-refractivity contribution in [2.75, 3.05) is 39.5 Å². The topological polar surface area (TPSA) is 417 Å². The van der Waals surface area contributed by atoms with Gasteiger partial charge in [0.25, 0.3) is 5.91 Å². The van der Waals surface area contributed by atoms with Crippen molar-refractivity contribution < 1.29 is 79.3 Å². The Morgan fingerprint density at radius 3 is 1.19 bits per heavy atom. The maximum atomic E-state index is 15.5. The smallest absolute Gasteiger partial charge is 0.271 e. The highest BCUT2D eigenvalue weighted by Crippen LogP contribution is 2.75. The Kier molecular flexibility index (Phi) is 26.0. The van der Waals surface area contributed by atoms with E-state index >= 15 is 14.4 Å². The standard InChI is InChI=1S/C73H90N8O19/c74-78-77-27-12-4-11-19-62(96)75-46-72-41-70(25-20-51(85)63-66(98-37-48-13-5-1-6-14-48)53(87)22-28-79(63)31-56(90)59(93)34-82)40-71(42-72,26-21-52(86)64-67(99-38-49-15-7-2-8-16-49)54(88)23-29-80(64)32-57(91)60(94)35-83)44-73(43-70,45-72)47-76-69(97)65-68(100-39-50-17-9-3-10-18-50)55(89)24-30-81(65)33-58(92)61(95)36-84/h1-3,5-10,13-18,22-24,28-30,56-61,82-84,90-95H,4,11-12,19-21,25-27,31-47H2,(H,75,96)(H,76,97)/t56?,57?,58?,59?,60?,61?,70-,71+,72?,73?. The van der Waals surface area contributed by atoms with Gasteiger partial charge in [-0.2, -0.15) is 0 Å². The molecule has 8 unspecified atom stereocenters. The van der Waals surface area contributed by atoms with E-state index in [1.807, 2.05) is 0 Å². The number of pyridine rings is 3. The summed E-state index contributed by atoms with van der Waals surface area (Å²) in [6.07, 6.45) is -2.34. The van der Waals surface area contributed by atoms with Gasteiger partial charge in [0.1, 0.15) is 49.5 Å². The number of amides is 2. The molecule has 4 saturated carbocycles. The van der Waals surface area contributed by atoms with Crippen LogP contribution in [0, 0.1) is 21.7 Å². The molecule has 0 aliphatic heterocycles. The average Bonchev–Trinajstić information content (AvgIpc) is 0.686. The van der Waals surface area contributed by atoms with E-state index in [4.69, 9.17) is 19.7 Å². The number of Topliss-reactive ketones (excluding diaryl/α,β-unsaturated/α-hetero) is 2. The van der Waals surface area contributed by atoms with Crippen LogP contribution in [0.4, 0.5) is 0 Å². The van der Waals surface area contributed by atoms with Crippen molar-refractivity contribution in [2.24, 2.45) is 26.8 Å². The molecule has 4 fully saturated rings. The monoisotopic (exact) mass is 1380 g/mol. The molecule has 4 bridgehead atoms. The van der Waals surface area contributed by atoms with Crippen LogP contribution in [0.25, 0.3) is 10.4 Å². The van der Waals surface area contributed by atoms with Gasteiger partial charge in [0.2, 0.25) is 22.2 Å². The van der Waals surface area contributed by atoms with E-state index in [1.54, 1.807) is 91.0 Å². The van der Waals surface area contributed by atoms with E-state index in [0.717, 1.165) is 6.07 Å². The fourth-order valence-corrected chi connectivity index (χ4v) is 15.7. The zero-order valence-corrected chi connectivity index (χ0v) is 55.8. The highest BCUT2D eigenvalue weighted by Gasteiger charge is 2.67. The lowest BCUT2D eigenvalue weighted by Crippen LogP contribution is -2.65. The fraction of sp³-hybridized carbons (Fsp3) is 0.493. The summed E-state index contributed by atoms with van der Waals surface area (Å²) >= 11 is 0. The number of aliphatic hydroxyl groups is 9. The molecule has 3 aromatic heterocycles. The van der Waals surface area contributed by atoms with E-state index in [2.05, 4.69) is 20.7 Å². The van der Waals surface area contributed by atoms with E-state index in [0.29, 0.717) is 74.5 Å². The molecule has 100 heavy (non-hydrogen) atoms. The number of hydrogen-bond acceptors (Lipinski definition) is 20. The lowest BCUT2D eigenvalue weighted by molar-refractivity contribution is -0.202. The van der Waals surface area contributed by atoms with Crippen LogP contribution in [0.2, 0.25) is 0 Å². The number of nitrogens with zero attached hydrogens (tertiary/aromatic N) is 6. The number of unbranched alkanes of at least 4 members (excludes halogenated alkanes) is 2. The highest BCUT2D eigenvalue weighted by molar-refractivity contribution is 5.98. The number of hydrogen-bond donors (Lipinski definition) is 11. The van der Waals surface area contributed by atoms with Crippen LogP contribution < -0.4 is 41.1 Å². The molecule has 0 spiro atoms. The molecular formula is C73H90N8O19. The van der Waals surface area contributed by atoms with Crippen LogP contribution in [0.15, 0.2) is 147 Å². The highest BCUT2D eigenvalue weighted by atomic mass is 16.5. The van der Waals surface area contributed by atoms with Crippen molar-refractivity contribution >= 4 is 23.4 Å². The second-order valence-corrected chi connectivity index (χ2v) is 27.4. The summed E-state index contributed by atoms with van der Waals surface area (Å²) < 4.78 is 22.4. The third-order valence-electron chi connectivity index (χ3n) is 19.6. The molecule has 2 amide bonds. The first-order valence-electron chi connectivity index (χ1n) is 33.8. The predicted molar refractivity (Wildman–Crippen MR) is 364 cm³/mol. The molecule has 10 atom stereocenters. The molecule has 27 nitrogen and oxygen atoms in total. The number of aromatic nitrogens is 3. The van der Waals surface area contributed by atoms with Crippen LogP contribution >= 0.6 is 0 Å². The first-order valence-corrected chi connectivity index (χ1v) is 33.8. The zero-order valence-electron chi connectivity index (χ0n) is 55.8. The number of benzene rings is 3. The van der Waals surface area contributed by atoms with Crippen molar-refractivity contribution in [1.82, 2.24) is 24.3 Å². The molecule has 11 N–H and O–H groups in total. The molecule has 536 valence electrons. The summed E-state index contributed by atoms with van der Waals surface area (Å²) in [4.78, 5) is 105. The van der Waals surface area contributed by atoms with Crippen molar-refractivity contribution in [3.8, 4) is 17.2 Å². The van der Waals surface area contributed by atoms with Crippen LogP contribution in [0.3, 0.4) is 0 Å². The third-order valence-corrected chi connectivity index (χ3v) is 19.6. The number of ether oxygens (including phenoxy) is 3. The van der Waals surface area contributed by atoms with Gasteiger partial charge >= 0.3 is 0 Å². The van der Waals surface area contributed by atoms with Gasteiger partial charge in [0.15, 0.2) is 34.5 Å². The third kappa shape index (κ3) is 19.0. The number of rotatable bonds is 40. The lowest BCUT2D eigenvalue weighted by Gasteiger charge is -2.71. The van der Waals surface area contributed by atoms with Crippen LogP contribution in [-0.2, 0) is 44.2 Å². The lowest BCUT2D eigenvalue weighted by atomic mass is 9.34. The molecule has 27 heteroatoms. The molecule has 6 aromatic rings. The summed E-state index contributed by atoms with van der Waals surface area (Å²) in [5.41, 5.74) is 4.47. The molecule has 0 saturated heterocycles. The molecule has 4 aliphatic carbocycles. The van der Waals surface area contributed by atoms with Crippen LogP contribution in [0.5, 0.6) is 17.2 Å². The van der Waals surface area contributed by atoms with Crippen molar-refractivity contribution in [3.05, 3.63) is 203 Å². The van der Waals surface area contributed by atoms with Gasteiger partial charge in [0.05, 0.1) is 57.8 Å². The maximum Gasteiger partial charge on any atom is 0.271 e. The van der Waals surface area contributed by atoms with Gasteiger partial charge < -0.3 is 84.5 Å². The summed E-state index contributed by atoms with van der Waals surface area (Å²) in [6, 6.07) is 30.1. The Balaban J connectivity index is 1.15. The normalized spacial score (nSPS) is 20.8. The maximum absolute atomic E-state index is 15.5. The minimum atomic E-state index is -1.65. The van der Waals surface area contributed by atoms with Gasteiger partial charge in [-0.1, -0.05) is 103 Å². The molecule has 10 rings (SSSR count). The Labute approximate surface area is 576 Å². The number of nitrogens with one attached hydrogen (secondary N) is 2. The minimum Gasteiger partial charge on any atom is -0.483 e. The second-order valence-electron chi connectivity index (χ2n) is 27.4. The Morgan fingerprint density at radius 2 is 0.810 bits per heavy atom. The van der Waals surface area contributed by atoms with Gasteiger partial charge in [-0.25, -0.2) is 0 Å². The summed E-state index contributed by atoms with van der Waals surface area (Å²) in [7, 11) is 0. The Bertz CT molecular complexity index is 3630. The first-order chi connectivity index (χ1) is 48.1. The molecule has 3 aromatic carbocycles. The van der Waals surface area contributed by atoms with Crippen LogP contribution in [0.1, 0.15) is 138 Å². The molecular weight excluding hydrogens is 1290 g/mol. The van der Waals surface area contributed by atoms with Crippen molar-refractivity contribution in [1.29, 1.82) is 0 Å². The first kappa shape index (κ1) is 75.3. The van der Waals surface area contributed by atoms with E-state index < -0.39 is 131 Å². The van der Waals surface area contributed by atoms with E-state index in [1.165, 1.54) is 44.4 Å². The summed E-state index contributed by atoms with van der Waals surface area (Å²) in [6.45, 7) is -4.05.